The van der Waals surface area contributed by atoms with Gasteiger partial charge in [0.25, 0.3) is 0 Å². The maximum atomic E-state index is 11.2. The Bertz CT molecular complexity index is 127. The second-order valence-corrected chi connectivity index (χ2v) is 3.30. The first-order valence-corrected chi connectivity index (χ1v) is 4.87. The van der Waals surface area contributed by atoms with Crippen molar-refractivity contribution in [1.82, 2.24) is 4.31 Å². The molecule has 1 heterocycles. The Labute approximate surface area is 66.1 Å². The Morgan fingerprint density at radius 3 is 2.90 bits per heavy atom. The molecule has 0 unspecified atom stereocenters. The molecule has 0 bridgehead atoms. The van der Waals surface area contributed by atoms with Crippen LogP contribution in [0.3, 0.4) is 0 Å². The summed E-state index contributed by atoms with van der Waals surface area (Å²) in [4.78, 5) is 11.2. The predicted octanol–water partition coefficient (Wildman–Crippen LogP) is 1.67. The minimum absolute atomic E-state index is 0.310. The summed E-state index contributed by atoms with van der Waals surface area (Å²) in [5.74, 6) is 0.310. The Morgan fingerprint density at radius 1 is 1.40 bits per heavy atom. The van der Waals surface area contributed by atoms with E-state index in [-0.39, 0.29) is 0 Å². The number of hydrogen-bond acceptors (Lipinski definition) is 2. The van der Waals surface area contributed by atoms with Crippen molar-refractivity contribution in [1.29, 1.82) is 0 Å². The molecular weight excluding hydrogens is 146 g/mol. The zero-order valence-corrected chi connectivity index (χ0v) is 7.12. The van der Waals surface area contributed by atoms with Crippen LogP contribution in [-0.4, -0.2) is 23.0 Å². The van der Waals surface area contributed by atoms with E-state index in [0.29, 0.717) is 5.91 Å². The second kappa shape index (κ2) is 3.86. The average molecular weight is 159 g/mol. The van der Waals surface area contributed by atoms with Crippen LogP contribution < -0.4 is 0 Å². The van der Waals surface area contributed by atoms with E-state index in [1.54, 1.807) is 11.9 Å². The number of amides is 1. The molecule has 0 aromatic heterocycles. The van der Waals surface area contributed by atoms with E-state index in [1.165, 1.54) is 12.8 Å². The predicted molar refractivity (Wildman–Crippen MR) is 43.7 cm³/mol. The molecule has 0 atom stereocenters. The SMILES string of the molecule is CSN1CCCCCC1=O. The Kier molecular flexibility index (Phi) is 3.06. The molecule has 1 aliphatic heterocycles. The van der Waals surface area contributed by atoms with E-state index in [2.05, 4.69) is 0 Å². The molecule has 0 aliphatic carbocycles. The molecule has 0 spiro atoms. The third-order valence-electron chi connectivity index (χ3n) is 1.75. The van der Waals surface area contributed by atoms with Crippen molar-refractivity contribution in [3.63, 3.8) is 0 Å². The minimum atomic E-state index is 0.310. The molecule has 1 amide bonds. The molecule has 3 heteroatoms. The van der Waals surface area contributed by atoms with Gasteiger partial charge in [-0.05, 0) is 12.8 Å². The molecule has 1 fully saturated rings. The molecule has 58 valence electrons. The molecule has 1 aliphatic rings. The first-order valence-electron chi connectivity index (χ1n) is 3.69. The van der Waals surface area contributed by atoms with Crippen LogP contribution in [0.15, 0.2) is 0 Å². The fourth-order valence-electron chi connectivity index (χ4n) is 1.15. The number of rotatable bonds is 1. The van der Waals surface area contributed by atoms with Crippen molar-refractivity contribution < 1.29 is 4.79 Å². The van der Waals surface area contributed by atoms with Crippen molar-refractivity contribution in [3.8, 4) is 0 Å². The lowest BCUT2D eigenvalue weighted by Crippen LogP contribution is -2.22. The van der Waals surface area contributed by atoms with Gasteiger partial charge in [0.2, 0.25) is 5.91 Å². The highest BCUT2D eigenvalue weighted by molar-refractivity contribution is 7.96. The van der Waals surface area contributed by atoms with Gasteiger partial charge in [-0.2, -0.15) is 0 Å². The quantitative estimate of drug-likeness (QED) is 0.542. The molecule has 0 N–H and O–H groups in total. The van der Waals surface area contributed by atoms with Crippen LogP contribution in [0.5, 0.6) is 0 Å². The summed E-state index contributed by atoms with van der Waals surface area (Å²) in [5, 5.41) is 0. The highest BCUT2D eigenvalue weighted by Gasteiger charge is 2.14. The first kappa shape index (κ1) is 7.92. The summed E-state index contributed by atoms with van der Waals surface area (Å²) >= 11 is 1.55. The molecule has 0 saturated carbocycles. The standard InChI is InChI=1S/C7H13NOS/c1-10-8-6-4-2-3-5-7(8)9/h2-6H2,1H3. The van der Waals surface area contributed by atoms with Gasteiger partial charge in [0.05, 0.1) is 0 Å². The molecule has 0 aromatic carbocycles. The van der Waals surface area contributed by atoms with Gasteiger partial charge in [-0.3, -0.25) is 9.10 Å². The molecule has 0 aromatic rings. The molecular formula is C7H13NOS. The van der Waals surface area contributed by atoms with Gasteiger partial charge in [-0.25, -0.2) is 0 Å². The third-order valence-corrected chi connectivity index (χ3v) is 2.58. The highest BCUT2D eigenvalue weighted by Crippen LogP contribution is 2.16. The highest BCUT2D eigenvalue weighted by atomic mass is 32.2. The molecule has 2 nitrogen and oxygen atoms in total. The van der Waals surface area contributed by atoms with E-state index in [0.717, 1.165) is 19.4 Å². The summed E-state index contributed by atoms with van der Waals surface area (Å²) in [7, 11) is 0. The number of carbonyl (C=O) groups excluding carboxylic acids is 1. The van der Waals surface area contributed by atoms with Crippen LogP contribution >= 0.6 is 11.9 Å². The van der Waals surface area contributed by atoms with E-state index in [9.17, 15) is 4.79 Å². The Morgan fingerprint density at radius 2 is 2.20 bits per heavy atom. The van der Waals surface area contributed by atoms with Crippen LogP contribution in [-0.2, 0) is 4.79 Å². The maximum absolute atomic E-state index is 11.2. The monoisotopic (exact) mass is 159 g/mol. The number of hydrogen-bond donors (Lipinski definition) is 0. The van der Waals surface area contributed by atoms with Crippen LogP contribution in [0.2, 0.25) is 0 Å². The number of carbonyl (C=O) groups is 1. The summed E-state index contributed by atoms with van der Waals surface area (Å²) < 4.78 is 1.87. The van der Waals surface area contributed by atoms with Crippen LogP contribution in [0.25, 0.3) is 0 Å². The zero-order chi connectivity index (χ0) is 7.40. The van der Waals surface area contributed by atoms with E-state index in [4.69, 9.17) is 0 Å². The van der Waals surface area contributed by atoms with Crippen LogP contribution in [0.1, 0.15) is 25.7 Å². The average Bonchev–Trinajstić information content (AvgIpc) is 2.13. The fourth-order valence-corrected chi connectivity index (χ4v) is 1.76. The van der Waals surface area contributed by atoms with Crippen molar-refractivity contribution in [2.45, 2.75) is 25.7 Å². The lowest BCUT2D eigenvalue weighted by molar-refractivity contribution is -0.125. The Balaban J connectivity index is 2.43. The second-order valence-electron chi connectivity index (χ2n) is 2.49. The summed E-state index contributed by atoms with van der Waals surface area (Å²) in [6.45, 7) is 0.944. The molecule has 0 radical (unpaired) electrons. The topological polar surface area (TPSA) is 20.3 Å². The first-order chi connectivity index (χ1) is 4.84. The third kappa shape index (κ3) is 1.90. The molecule has 1 saturated heterocycles. The minimum Gasteiger partial charge on any atom is -0.287 e. The van der Waals surface area contributed by atoms with Crippen LogP contribution in [0.4, 0.5) is 0 Å². The largest absolute Gasteiger partial charge is 0.287 e. The normalized spacial score (nSPS) is 20.9. The van der Waals surface area contributed by atoms with Crippen molar-refractivity contribution in [3.05, 3.63) is 0 Å². The summed E-state index contributed by atoms with van der Waals surface area (Å²) in [5.41, 5.74) is 0. The van der Waals surface area contributed by atoms with Gasteiger partial charge in [0, 0.05) is 19.2 Å². The zero-order valence-electron chi connectivity index (χ0n) is 6.30. The van der Waals surface area contributed by atoms with E-state index >= 15 is 0 Å². The van der Waals surface area contributed by atoms with Crippen LogP contribution in [0, 0.1) is 0 Å². The number of nitrogens with zero attached hydrogens (tertiary/aromatic N) is 1. The van der Waals surface area contributed by atoms with Gasteiger partial charge in [0.1, 0.15) is 0 Å². The molecule has 1 rings (SSSR count). The van der Waals surface area contributed by atoms with Gasteiger partial charge < -0.3 is 0 Å². The maximum Gasteiger partial charge on any atom is 0.232 e. The van der Waals surface area contributed by atoms with Crippen molar-refractivity contribution >= 4 is 17.9 Å². The van der Waals surface area contributed by atoms with E-state index < -0.39 is 0 Å². The van der Waals surface area contributed by atoms with Crippen molar-refractivity contribution in [2.75, 3.05) is 12.8 Å². The lowest BCUT2D eigenvalue weighted by Gasteiger charge is -2.15. The lowest BCUT2D eigenvalue weighted by atomic mass is 10.2. The van der Waals surface area contributed by atoms with Gasteiger partial charge in [-0.15, -0.1) is 0 Å². The van der Waals surface area contributed by atoms with E-state index in [1.807, 2.05) is 10.6 Å². The van der Waals surface area contributed by atoms with Gasteiger partial charge in [-0.1, -0.05) is 18.4 Å². The molecule has 10 heavy (non-hydrogen) atoms. The fraction of sp³-hybridized carbons (Fsp3) is 0.857. The van der Waals surface area contributed by atoms with Gasteiger partial charge >= 0.3 is 0 Å². The van der Waals surface area contributed by atoms with Crippen molar-refractivity contribution in [2.24, 2.45) is 0 Å². The summed E-state index contributed by atoms with van der Waals surface area (Å²) in [6.07, 6.45) is 6.18. The smallest absolute Gasteiger partial charge is 0.232 e. The summed E-state index contributed by atoms with van der Waals surface area (Å²) in [6, 6.07) is 0. The van der Waals surface area contributed by atoms with Gasteiger partial charge in [0.15, 0.2) is 0 Å². The Hall–Kier alpha value is -0.180.